The molecular formula is C20H20O3Si. The van der Waals surface area contributed by atoms with Gasteiger partial charge in [-0.2, -0.15) is 0 Å². The number of aromatic carboxylic acids is 1. The lowest BCUT2D eigenvalue weighted by molar-refractivity contribution is 0.0697. The van der Waals surface area contributed by atoms with Gasteiger partial charge in [0.2, 0.25) is 8.32 Å². The Kier molecular flexibility index (Phi) is 6.06. The minimum atomic E-state index is -2.46. The molecule has 0 amide bonds. The second-order valence-electron chi connectivity index (χ2n) is 5.48. The first-order chi connectivity index (χ1) is 11.5. The van der Waals surface area contributed by atoms with E-state index in [0.29, 0.717) is 5.56 Å². The normalized spacial score (nSPS) is 10.4. The lowest BCUT2D eigenvalue weighted by atomic mass is 10.2. The SMILES string of the molecule is C[Si](O)(c1ccccc1)c1ccccc1.O=C(O)c1ccccc1. The number of hydrogen-bond acceptors (Lipinski definition) is 2. The zero-order valence-corrected chi connectivity index (χ0v) is 14.5. The van der Waals surface area contributed by atoms with Gasteiger partial charge in [0.15, 0.2) is 0 Å². The number of carbonyl (C=O) groups is 1. The molecule has 0 aliphatic rings. The molecule has 0 fully saturated rings. The van der Waals surface area contributed by atoms with Crippen LogP contribution in [-0.4, -0.2) is 24.2 Å². The first-order valence-electron chi connectivity index (χ1n) is 7.63. The highest BCUT2D eigenvalue weighted by Crippen LogP contribution is 2.00. The summed E-state index contributed by atoms with van der Waals surface area (Å²) in [5.74, 6) is -0.879. The molecule has 0 aliphatic heterocycles. The van der Waals surface area contributed by atoms with Crippen LogP contribution in [0.25, 0.3) is 0 Å². The maximum Gasteiger partial charge on any atom is 0.335 e. The quantitative estimate of drug-likeness (QED) is 0.723. The Balaban J connectivity index is 0.000000198. The molecular weight excluding hydrogens is 316 g/mol. The van der Waals surface area contributed by atoms with Crippen LogP contribution in [0.2, 0.25) is 6.55 Å². The van der Waals surface area contributed by atoms with Gasteiger partial charge in [-0.05, 0) is 29.1 Å². The van der Waals surface area contributed by atoms with E-state index in [1.165, 1.54) is 0 Å². The summed E-state index contributed by atoms with van der Waals surface area (Å²) in [5.41, 5.74) is 0.331. The second kappa shape index (κ2) is 8.24. The van der Waals surface area contributed by atoms with Gasteiger partial charge in [0.25, 0.3) is 0 Å². The lowest BCUT2D eigenvalue weighted by Gasteiger charge is -2.20. The largest absolute Gasteiger partial charge is 0.478 e. The van der Waals surface area contributed by atoms with Crippen LogP contribution in [0, 0.1) is 0 Å². The standard InChI is InChI=1S/C13H14OSi.C7H6O2/c1-15(14,12-8-4-2-5-9-12)13-10-6-3-7-11-13;8-7(9)6-4-2-1-3-5-6/h2-11,14H,1H3;1-5H,(H,8,9). The third-order valence-electron chi connectivity index (χ3n) is 3.69. The molecule has 2 N–H and O–H groups in total. The molecule has 0 bridgehead atoms. The van der Waals surface area contributed by atoms with Crippen molar-refractivity contribution in [3.8, 4) is 0 Å². The van der Waals surface area contributed by atoms with E-state index in [4.69, 9.17) is 5.11 Å². The fourth-order valence-electron chi connectivity index (χ4n) is 2.27. The summed E-state index contributed by atoms with van der Waals surface area (Å²) in [6.45, 7) is 1.96. The molecule has 0 aromatic heterocycles. The van der Waals surface area contributed by atoms with Gasteiger partial charge in [-0.1, -0.05) is 78.9 Å². The highest BCUT2D eigenvalue weighted by Gasteiger charge is 2.28. The molecule has 3 aromatic rings. The van der Waals surface area contributed by atoms with E-state index in [2.05, 4.69) is 0 Å². The fraction of sp³-hybridized carbons (Fsp3) is 0.0500. The van der Waals surface area contributed by atoms with Gasteiger partial charge in [-0.3, -0.25) is 0 Å². The fourth-order valence-corrected chi connectivity index (χ4v) is 4.29. The molecule has 0 heterocycles. The smallest absolute Gasteiger partial charge is 0.335 e. The Labute approximate surface area is 143 Å². The summed E-state index contributed by atoms with van der Waals surface area (Å²) in [5, 5.41) is 10.5. The average Bonchev–Trinajstić information content (AvgIpc) is 2.64. The molecule has 0 aliphatic carbocycles. The van der Waals surface area contributed by atoms with E-state index in [1.807, 2.05) is 67.2 Å². The topological polar surface area (TPSA) is 57.5 Å². The predicted molar refractivity (Wildman–Crippen MR) is 99.4 cm³/mol. The van der Waals surface area contributed by atoms with E-state index in [-0.39, 0.29) is 0 Å². The molecule has 0 saturated carbocycles. The van der Waals surface area contributed by atoms with Crippen LogP contribution < -0.4 is 10.4 Å². The molecule has 4 heteroatoms. The van der Waals surface area contributed by atoms with Gasteiger partial charge in [-0.15, -0.1) is 0 Å². The van der Waals surface area contributed by atoms with Gasteiger partial charge in [0, 0.05) is 0 Å². The number of carboxylic acid groups (broad SMARTS) is 1. The van der Waals surface area contributed by atoms with E-state index in [9.17, 15) is 9.59 Å². The van der Waals surface area contributed by atoms with E-state index < -0.39 is 14.3 Å². The summed E-state index contributed by atoms with van der Waals surface area (Å²) in [7, 11) is -2.46. The average molecular weight is 336 g/mol. The molecule has 24 heavy (non-hydrogen) atoms. The summed E-state index contributed by atoms with van der Waals surface area (Å²) < 4.78 is 0. The van der Waals surface area contributed by atoms with E-state index in [1.54, 1.807) is 30.3 Å². The minimum Gasteiger partial charge on any atom is -0.478 e. The molecule has 0 radical (unpaired) electrons. The molecule has 0 spiro atoms. The van der Waals surface area contributed by atoms with Crippen LogP contribution in [0.4, 0.5) is 0 Å². The zero-order valence-electron chi connectivity index (χ0n) is 13.5. The Morgan fingerprint density at radius 1 is 0.708 bits per heavy atom. The van der Waals surface area contributed by atoms with Crippen molar-refractivity contribution >= 4 is 24.7 Å². The van der Waals surface area contributed by atoms with Crippen LogP contribution >= 0.6 is 0 Å². The Morgan fingerprint density at radius 2 is 1.04 bits per heavy atom. The van der Waals surface area contributed by atoms with Crippen molar-refractivity contribution in [1.82, 2.24) is 0 Å². The van der Waals surface area contributed by atoms with Crippen molar-refractivity contribution in [2.75, 3.05) is 0 Å². The molecule has 122 valence electrons. The van der Waals surface area contributed by atoms with Crippen LogP contribution in [0.5, 0.6) is 0 Å². The van der Waals surface area contributed by atoms with Gasteiger partial charge >= 0.3 is 5.97 Å². The van der Waals surface area contributed by atoms with Crippen molar-refractivity contribution in [2.45, 2.75) is 6.55 Å². The number of carboxylic acids is 1. The Bertz CT molecular complexity index is 715. The predicted octanol–water partition coefficient (Wildman–Crippen LogP) is 2.75. The van der Waals surface area contributed by atoms with Crippen LogP contribution in [-0.2, 0) is 0 Å². The van der Waals surface area contributed by atoms with Crippen LogP contribution in [0.1, 0.15) is 10.4 Å². The highest BCUT2D eigenvalue weighted by molar-refractivity contribution is 6.95. The van der Waals surface area contributed by atoms with Gasteiger partial charge < -0.3 is 9.90 Å². The third kappa shape index (κ3) is 4.65. The van der Waals surface area contributed by atoms with Crippen LogP contribution in [0.3, 0.4) is 0 Å². The monoisotopic (exact) mass is 336 g/mol. The third-order valence-corrected chi connectivity index (χ3v) is 6.61. The van der Waals surface area contributed by atoms with E-state index >= 15 is 0 Å². The number of hydrogen-bond donors (Lipinski definition) is 2. The molecule has 0 atom stereocenters. The van der Waals surface area contributed by atoms with Gasteiger partial charge in [0.05, 0.1) is 5.56 Å². The maximum absolute atomic E-state index is 10.6. The first kappa shape index (κ1) is 17.7. The summed E-state index contributed by atoms with van der Waals surface area (Å²) in [4.78, 5) is 20.8. The zero-order chi connectivity index (χ0) is 17.4. The van der Waals surface area contributed by atoms with Crippen molar-refractivity contribution in [2.24, 2.45) is 0 Å². The summed E-state index contributed by atoms with van der Waals surface area (Å²) >= 11 is 0. The van der Waals surface area contributed by atoms with Gasteiger partial charge in [-0.25, -0.2) is 4.79 Å². The molecule has 0 unspecified atom stereocenters. The molecule has 3 nitrogen and oxygen atoms in total. The highest BCUT2D eigenvalue weighted by atomic mass is 28.4. The van der Waals surface area contributed by atoms with Crippen molar-refractivity contribution in [3.05, 3.63) is 96.6 Å². The maximum atomic E-state index is 10.6. The summed E-state index contributed by atoms with van der Waals surface area (Å²) in [6.07, 6.45) is 0. The van der Waals surface area contributed by atoms with Crippen molar-refractivity contribution in [1.29, 1.82) is 0 Å². The lowest BCUT2D eigenvalue weighted by Crippen LogP contribution is -2.55. The van der Waals surface area contributed by atoms with Gasteiger partial charge in [0.1, 0.15) is 0 Å². The number of benzene rings is 3. The van der Waals surface area contributed by atoms with Crippen molar-refractivity contribution < 1.29 is 14.7 Å². The van der Waals surface area contributed by atoms with Crippen molar-refractivity contribution in [3.63, 3.8) is 0 Å². The van der Waals surface area contributed by atoms with Crippen LogP contribution in [0.15, 0.2) is 91.0 Å². The summed E-state index contributed by atoms with van der Waals surface area (Å²) in [6, 6.07) is 28.1. The number of rotatable bonds is 3. The van der Waals surface area contributed by atoms with E-state index in [0.717, 1.165) is 10.4 Å². The minimum absolute atomic E-state index is 0.331. The Hall–Kier alpha value is -2.69. The molecule has 0 saturated heterocycles. The second-order valence-corrected chi connectivity index (χ2v) is 8.77. The Morgan fingerprint density at radius 3 is 1.33 bits per heavy atom. The first-order valence-corrected chi connectivity index (χ1v) is 10.1. The molecule has 3 aromatic carbocycles. The molecule has 3 rings (SSSR count).